The van der Waals surface area contributed by atoms with Crippen molar-refractivity contribution in [1.29, 1.82) is 0 Å². The molecular weight excluding hydrogens is 230 g/mol. The van der Waals surface area contributed by atoms with Crippen molar-refractivity contribution in [3.63, 3.8) is 0 Å². The fraction of sp³-hybridized carbons (Fsp3) is 0.583. The zero-order valence-corrected chi connectivity index (χ0v) is 10.9. The maximum Gasteiger partial charge on any atom is 0.264 e. The molecule has 0 aliphatic rings. The van der Waals surface area contributed by atoms with Crippen LogP contribution in [0.4, 0.5) is 0 Å². The van der Waals surface area contributed by atoms with Gasteiger partial charge in [-0.15, -0.1) is 0 Å². The Kier molecular flexibility index (Phi) is 4.09. The lowest BCUT2D eigenvalue weighted by molar-refractivity contribution is 0.563. The number of aromatic nitrogens is 4. The summed E-state index contributed by atoms with van der Waals surface area (Å²) in [7, 11) is 1.79. The van der Waals surface area contributed by atoms with Crippen LogP contribution in [0.2, 0.25) is 0 Å². The van der Waals surface area contributed by atoms with E-state index in [1.165, 1.54) is 0 Å². The van der Waals surface area contributed by atoms with Gasteiger partial charge in [0.15, 0.2) is 5.65 Å². The lowest BCUT2D eigenvalue weighted by Gasteiger charge is -2.05. The number of hydrogen-bond donors (Lipinski definition) is 1. The molecule has 2 aromatic heterocycles. The summed E-state index contributed by atoms with van der Waals surface area (Å²) in [5, 5.41) is 7.90. The van der Waals surface area contributed by atoms with Crippen LogP contribution >= 0.6 is 0 Å². The minimum atomic E-state index is -0.00319. The van der Waals surface area contributed by atoms with E-state index in [0.717, 1.165) is 25.9 Å². The molecule has 6 heteroatoms. The van der Waals surface area contributed by atoms with Gasteiger partial charge in [-0.25, -0.2) is 4.98 Å². The zero-order valence-electron chi connectivity index (χ0n) is 10.9. The molecule has 0 saturated heterocycles. The van der Waals surface area contributed by atoms with E-state index < -0.39 is 0 Å². The highest BCUT2D eigenvalue weighted by Crippen LogP contribution is 2.03. The predicted octanol–water partition coefficient (Wildman–Crippen LogP) is 0.520. The fourth-order valence-electron chi connectivity index (χ4n) is 1.93. The van der Waals surface area contributed by atoms with Crippen molar-refractivity contribution in [2.24, 2.45) is 7.05 Å². The van der Waals surface area contributed by atoms with E-state index in [-0.39, 0.29) is 5.56 Å². The number of nitrogens with one attached hydrogen (secondary N) is 1. The quantitative estimate of drug-likeness (QED) is 0.758. The Morgan fingerprint density at radius 2 is 2.22 bits per heavy atom. The second-order valence-corrected chi connectivity index (χ2v) is 4.31. The van der Waals surface area contributed by atoms with Crippen molar-refractivity contribution in [2.75, 3.05) is 13.1 Å². The second-order valence-electron chi connectivity index (χ2n) is 4.31. The Morgan fingerprint density at radius 3 is 3.00 bits per heavy atom. The Morgan fingerprint density at radius 1 is 1.39 bits per heavy atom. The monoisotopic (exact) mass is 249 g/mol. The van der Waals surface area contributed by atoms with Crippen LogP contribution in [0.5, 0.6) is 0 Å². The summed E-state index contributed by atoms with van der Waals surface area (Å²) in [5.41, 5.74) is 0.639. The van der Waals surface area contributed by atoms with Crippen molar-refractivity contribution in [2.45, 2.75) is 26.3 Å². The zero-order chi connectivity index (χ0) is 13.0. The van der Waals surface area contributed by atoms with E-state index in [1.54, 1.807) is 28.8 Å². The molecule has 2 rings (SSSR count). The standard InChI is InChI=1S/C12H19N5O/c1-3-13-6-4-5-7-17-9-14-11-10(12(17)18)8-15-16(11)2/h8-9,13H,3-7H2,1-2H3. The van der Waals surface area contributed by atoms with Crippen LogP contribution in [0.3, 0.4) is 0 Å². The van der Waals surface area contributed by atoms with Crippen molar-refractivity contribution in [3.05, 3.63) is 22.9 Å². The average Bonchev–Trinajstić information content (AvgIpc) is 2.74. The van der Waals surface area contributed by atoms with Gasteiger partial charge in [-0.3, -0.25) is 14.0 Å². The molecule has 0 fully saturated rings. The molecule has 6 nitrogen and oxygen atoms in total. The highest BCUT2D eigenvalue weighted by molar-refractivity contribution is 5.72. The first-order valence-electron chi connectivity index (χ1n) is 6.32. The minimum Gasteiger partial charge on any atom is -0.317 e. The van der Waals surface area contributed by atoms with Gasteiger partial charge >= 0.3 is 0 Å². The first-order chi connectivity index (χ1) is 8.74. The summed E-state index contributed by atoms with van der Waals surface area (Å²) in [5.74, 6) is 0. The molecular formula is C12H19N5O. The molecule has 0 unspecified atom stereocenters. The van der Waals surface area contributed by atoms with E-state index in [9.17, 15) is 4.79 Å². The van der Waals surface area contributed by atoms with Gasteiger partial charge in [-0.1, -0.05) is 6.92 Å². The number of aryl methyl sites for hydroxylation is 2. The molecule has 2 aromatic rings. The van der Waals surface area contributed by atoms with Crippen LogP contribution in [0.1, 0.15) is 19.8 Å². The topological polar surface area (TPSA) is 64.7 Å². The first kappa shape index (κ1) is 12.8. The van der Waals surface area contributed by atoms with Crippen molar-refractivity contribution >= 4 is 11.0 Å². The third-order valence-corrected chi connectivity index (χ3v) is 2.97. The van der Waals surface area contributed by atoms with E-state index in [2.05, 4.69) is 22.3 Å². The van der Waals surface area contributed by atoms with E-state index in [0.29, 0.717) is 17.6 Å². The van der Waals surface area contributed by atoms with Crippen LogP contribution in [-0.4, -0.2) is 32.4 Å². The van der Waals surface area contributed by atoms with Crippen LogP contribution in [0, 0.1) is 0 Å². The highest BCUT2D eigenvalue weighted by Gasteiger charge is 2.07. The maximum atomic E-state index is 12.1. The largest absolute Gasteiger partial charge is 0.317 e. The average molecular weight is 249 g/mol. The van der Waals surface area contributed by atoms with Crippen molar-refractivity contribution in [1.82, 2.24) is 24.6 Å². The van der Waals surface area contributed by atoms with Gasteiger partial charge in [-0.05, 0) is 25.9 Å². The molecule has 0 aromatic carbocycles. The lowest BCUT2D eigenvalue weighted by Crippen LogP contribution is -2.21. The molecule has 1 N–H and O–H groups in total. The number of unbranched alkanes of at least 4 members (excludes halogenated alkanes) is 1. The Balaban J connectivity index is 2.05. The normalized spacial score (nSPS) is 11.2. The Bertz CT molecular complexity index is 571. The molecule has 0 spiro atoms. The Labute approximate surface area is 106 Å². The molecule has 0 bridgehead atoms. The molecule has 98 valence electrons. The second kappa shape index (κ2) is 5.77. The molecule has 0 radical (unpaired) electrons. The molecule has 0 saturated carbocycles. The molecule has 0 aliphatic heterocycles. The summed E-state index contributed by atoms with van der Waals surface area (Å²) in [6.45, 7) is 4.78. The van der Waals surface area contributed by atoms with Gasteiger partial charge in [0, 0.05) is 13.6 Å². The smallest absolute Gasteiger partial charge is 0.264 e. The van der Waals surface area contributed by atoms with Crippen molar-refractivity contribution < 1.29 is 0 Å². The first-order valence-corrected chi connectivity index (χ1v) is 6.32. The summed E-state index contributed by atoms with van der Waals surface area (Å²) in [6.07, 6.45) is 5.23. The van der Waals surface area contributed by atoms with Gasteiger partial charge < -0.3 is 5.32 Å². The van der Waals surface area contributed by atoms with E-state index in [4.69, 9.17) is 0 Å². The summed E-state index contributed by atoms with van der Waals surface area (Å²) in [6, 6.07) is 0. The predicted molar refractivity (Wildman–Crippen MR) is 70.5 cm³/mol. The van der Waals surface area contributed by atoms with Gasteiger partial charge in [0.1, 0.15) is 5.39 Å². The maximum absolute atomic E-state index is 12.1. The van der Waals surface area contributed by atoms with Crippen LogP contribution in [0.15, 0.2) is 17.3 Å². The summed E-state index contributed by atoms with van der Waals surface area (Å²) in [4.78, 5) is 16.4. The van der Waals surface area contributed by atoms with Crippen LogP contribution in [-0.2, 0) is 13.6 Å². The SMILES string of the molecule is CCNCCCCn1cnc2c(cnn2C)c1=O. The number of hydrogen-bond acceptors (Lipinski definition) is 4. The molecule has 0 amide bonds. The van der Waals surface area contributed by atoms with Crippen LogP contribution < -0.4 is 10.9 Å². The highest BCUT2D eigenvalue weighted by atomic mass is 16.1. The summed E-state index contributed by atoms with van der Waals surface area (Å²) >= 11 is 0. The Hall–Kier alpha value is -1.69. The van der Waals surface area contributed by atoms with Gasteiger partial charge in [0.05, 0.1) is 12.5 Å². The van der Waals surface area contributed by atoms with Crippen molar-refractivity contribution in [3.8, 4) is 0 Å². The minimum absolute atomic E-state index is 0.00319. The van der Waals surface area contributed by atoms with Gasteiger partial charge in [0.2, 0.25) is 0 Å². The van der Waals surface area contributed by atoms with E-state index >= 15 is 0 Å². The van der Waals surface area contributed by atoms with Gasteiger partial charge in [0.25, 0.3) is 5.56 Å². The molecule has 0 aliphatic carbocycles. The number of fused-ring (bicyclic) bond motifs is 1. The summed E-state index contributed by atoms with van der Waals surface area (Å²) < 4.78 is 3.28. The number of rotatable bonds is 6. The molecule has 2 heterocycles. The molecule has 18 heavy (non-hydrogen) atoms. The van der Waals surface area contributed by atoms with Gasteiger partial charge in [-0.2, -0.15) is 5.10 Å². The number of nitrogens with zero attached hydrogens (tertiary/aromatic N) is 4. The molecule has 0 atom stereocenters. The fourth-order valence-corrected chi connectivity index (χ4v) is 1.93. The van der Waals surface area contributed by atoms with Crippen LogP contribution in [0.25, 0.3) is 11.0 Å². The third-order valence-electron chi connectivity index (χ3n) is 2.97. The van der Waals surface area contributed by atoms with E-state index in [1.807, 2.05) is 0 Å². The third kappa shape index (κ3) is 2.59. The lowest BCUT2D eigenvalue weighted by atomic mass is 10.3.